The molecule has 1 fully saturated rings. The average Bonchev–Trinajstić information content (AvgIpc) is 3.66. The second-order valence-electron chi connectivity index (χ2n) is 17.7. The number of nitrogens with zero attached hydrogens (tertiary/aromatic N) is 1. The van der Waals surface area contributed by atoms with Gasteiger partial charge in [-0.25, -0.2) is 4.79 Å². The number of H-pyrrole nitrogens is 1. The van der Waals surface area contributed by atoms with E-state index >= 15 is 0 Å². The Kier molecular flexibility index (Phi) is 14.7. The lowest BCUT2D eigenvalue weighted by atomic mass is 9.60. The smallest absolute Gasteiger partial charge is 0.471 e. The largest absolute Gasteiger partial charge is 0.497 e. The zero-order valence-electron chi connectivity index (χ0n) is 38.7. The second-order valence-corrected chi connectivity index (χ2v) is 22.0. The summed E-state index contributed by atoms with van der Waals surface area (Å²) >= 11 is 0. The zero-order chi connectivity index (χ0) is 48.9. The minimum absolute atomic E-state index is 0.112. The van der Waals surface area contributed by atoms with E-state index in [-0.39, 0.29) is 12.8 Å². The summed E-state index contributed by atoms with van der Waals surface area (Å²) < 4.78 is 74.9. The van der Waals surface area contributed by atoms with Crippen molar-refractivity contribution >= 4 is 24.6 Å². The van der Waals surface area contributed by atoms with Gasteiger partial charge in [0.25, 0.3) is 13.9 Å². The molecule has 6 aromatic rings. The molecule has 68 heavy (non-hydrogen) atoms. The van der Waals surface area contributed by atoms with Gasteiger partial charge >= 0.3 is 17.8 Å². The quantitative estimate of drug-likeness (QED) is 0.0535. The third kappa shape index (κ3) is 8.94. The molecule has 0 aliphatic carbocycles. The molecule has 1 aromatic heterocycles. The number of hydrogen-bond acceptors (Lipinski definition) is 9. The Labute approximate surface area is 393 Å². The Bertz CT molecular complexity index is 2650. The maximum Gasteiger partial charge on any atom is 0.471 e. The van der Waals surface area contributed by atoms with Crippen molar-refractivity contribution in [3.63, 3.8) is 0 Å². The highest BCUT2D eigenvalue weighted by atomic mass is 28.4. The standard InChI is InChI=1S/C52H56F3N3O9Si/c1-49(2,3)68(40-19-12-8-13-20-40,41-21-14-9-15-22-41)67-45-44(42(59)23-16-33-56-47(61)52(53,54)55)66-51(46(45)65-6,58-34-32-43(60)57-48(58)62)50(35-17-10-7-11-18-35,36-24-28-38(63-4)29-25-36)37-26-30-39(64-5)31-27-37/h7-15,17-22,24-32,34,42,44-46,59H,16,23,33H2,1-6H3,(H,56,61)(H,57,60,62)/t42?,44-,45-,46-,51+/m1/s1. The van der Waals surface area contributed by atoms with Gasteiger partial charge in [0.2, 0.25) is 0 Å². The molecule has 1 aliphatic rings. The van der Waals surface area contributed by atoms with Crippen LogP contribution in [0.15, 0.2) is 161 Å². The molecule has 5 aromatic carbocycles. The van der Waals surface area contributed by atoms with Gasteiger partial charge in [0.1, 0.15) is 29.8 Å². The number of halogens is 3. The summed E-state index contributed by atoms with van der Waals surface area (Å²) in [4.78, 5) is 42.4. The number of nitrogens with one attached hydrogen (secondary N) is 2. The number of methoxy groups -OCH3 is 3. The van der Waals surface area contributed by atoms with E-state index in [2.05, 4.69) is 25.8 Å². The number of amides is 1. The van der Waals surface area contributed by atoms with Crippen molar-refractivity contribution in [3.8, 4) is 11.5 Å². The molecule has 7 rings (SSSR count). The van der Waals surface area contributed by atoms with Crippen molar-refractivity contribution < 1.29 is 46.4 Å². The van der Waals surface area contributed by atoms with Gasteiger partial charge in [0.05, 0.1) is 25.7 Å². The molecule has 1 saturated heterocycles. The Balaban J connectivity index is 1.61. The number of ether oxygens (including phenoxy) is 4. The Hall–Kier alpha value is -6.30. The molecule has 2 heterocycles. The van der Waals surface area contributed by atoms with Crippen molar-refractivity contribution in [3.05, 3.63) is 189 Å². The molecule has 0 bridgehead atoms. The molecular weight excluding hydrogens is 896 g/mol. The molecule has 1 unspecified atom stereocenters. The van der Waals surface area contributed by atoms with Gasteiger partial charge in [0, 0.05) is 25.9 Å². The molecule has 1 aliphatic heterocycles. The van der Waals surface area contributed by atoms with E-state index in [0.717, 1.165) is 10.4 Å². The highest BCUT2D eigenvalue weighted by molar-refractivity contribution is 6.99. The highest BCUT2D eigenvalue weighted by Gasteiger charge is 2.72. The summed E-state index contributed by atoms with van der Waals surface area (Å²) in [6, 6.07) is 44.5. The van der Waals surface area contributed by atoms with Gasteiger partial charge in [0.15, 0.2) is 5.72 Å². The molecule has 358 valence electrons. The molecule has 0 spiro atoms. The molecule has 3 N–H and O–H groups in total. The minimum Gasteiger partial charge on any atom is -0.497 e. The van der Waals surface area contributed by atoms with Crippen LogP contribution in [0.5, 0.6) is 11.5 Å². The van der Waals surface area contributed by atoms with E-state index in [1.165, 1.54) is 23.9 Å². The molecular formula is C52H56F3N3O9Si. The fourth-order valence-electron chi connectivity index (χ4n) is 9.98. The van der Waals surface area contributed by atoms with Crippen LogP contribution in [0.4, 0.5) is 13.2 Å². The predicted octanol–water partition coefficient (Wildman–Crippen LogP) is 6.42. The zero-order valence-corrected chi connectivity index (χ0v) is 39.7. The lowest BCUT2D eigenvalue weighted by Crippen LogP contribution is -2.70. The van der Waals surface area contributed by atoms with Gasteiger partial charge in [-0.05, 0) is 69.2 Å². The number of rotatable bonds is 17. The van der Waals surface area contributed by atoms with Crippen molar-refractivity contribution in [2.75, 3.05) is 27.9 Å². The van der Waals surface area contributed by atoms with E-state index < -0.39 is 78.8 Å². The topological polar surface area (TPSA) is 150 Å². The van der Waals surface area contributed by atoms with Gasteiger partial charge in [-0.15, -0.1) is 0 Å². The predicted molar refractivity (Wildman–Crippen MR) is 254 cm³/mol. The molecule has 16 heteroatoms. The van der Waals surface area contributed by atoms with E-state index in [1.807, 2.05) is 121 Å². The third-order valence-electron chi connectivity index (χ3n) is 12.9. The number of hydrogen-bond donors (Lipinski definition) is 3. The van der Waals surface area contributed by atoms with Crippen LogP contribution in [0.3, 0.4) is 0 Å². The van der Waals surface area contributed by atoms with Crippen molar-refractivity contribution in [2.45, 2.75) is 80.4 Å². The van der Waals surface area contributed by atoms with Crippen molar-refractivity contribution in [1.29, 1.82) is 0 Å². The number of aromatic nitrogens is 2. The summed E-state index contributed by atoms with van der Waals surface area (Å²) in [6.07, 6.45) is -9.69. The average molecular weight is 952 g/mol. The Morgan fingerprint density at radius 2 is 1.25 bits per heavy atom. The number of benzene rings is 5. The monoisotopic (exact) mass is 951 g/mol. The SMILES string of the molecule is COc1ccc(C(c2ccccc2)(c2ccc(OC)cc2)[C@@]2(n3ccc(=O)[nH]c3=O)O[C@H](C(O)CCCNC(=O)C(F)(F)F)[C@@H](O[Si](c3ccccc3)(c3ccccc3)C(C)(C)C)[C@H]2OC)cc1. The van der Waals surface area contributed by atoms with Gasteiger partial charge in [-0.1, -0.05) is 136 Å². The summed E-state index contributed by atoms with van der Waals surface area (Å²) in [5, 5.41) is 15.7. The summed E-state index contributed by atoms with van der Waals surface area (Å²) in [5.41, 5.74) is -3.71. The summed E-state index contributed by atoms with van der Waals surface area (Å²) in [7, 11) is 0.866. The number of alkyl halides is 3. The van der Waals surface area contributed by atoms with E-state index in [1.54, 1.807) is 38.5 Å². The number of aliphatic hydroxyl groups excluding tert-OH is 1. The van der Waals surface area contributed by atoms with Crippen LogP contribution in [0.25, 0.3) is 0 Å². The second kappa shape index (κ2) is 20.1. The molecule has 0 saturated carbocycles. The fraction of sp³-hybridized carbons (Fsp3) is 0.327. The number of carbonyl (C=O) groups excluding carboxylic acids is 1. The highest BCUT2D eigenvalue weighted by Crippen LogP contribution is 2.59. The maximum absolute atomic E-state index is 15.0. The Morgan fingerprint density at radius 1 is 0.765 bits per heavy atom. The minimum atomic E-state index is -5.11. The van der Waals surface area contributed by atoms with Crippen molar-refractivity contribution in [1.82, 2.24) is 14.9 Å². The summed E-state index contributed by atoms with van der Waals surface area (Å²) in [6.45, 7) is 5.81. The first-order chi connectivity index (χ1) is 32.5. The van der Waals surface area contributed by atoms with Gasteiger partial charge in [-0.2, -0.15) is 13.2 Å². The van der Waals surface area contributed by atoms with Gasteiger partial charge < -0.3 is 33.8 Å². The van der Waals surface area contributed by atoms with E-state index in [4.69, 9.17) is 23.4 Å². The van der Waals surface area contributed by atoms with E-state index in [9.17, 15) is 32.7 Å². The van der Waals surface area contributed by atoms with Crippen LogP contribution in [-0.2, 0) is 29.8 Å². The first-order valence-corrected chi connectivity index (χ1v) is 24.1. The fourth-order valence-corrected chi connectivity index (χ4v) is 14.7. The first-order valence-electron chi connectivity index (χ1n) is 22.2. The number of aromatic amines is 1. The first kappa shape index (κ1) is 49.6. The summed E-state index contributed by atoms with van der Waals surface area (Å²) in [5.74, 6) is -1.06. The van der Waals surface area contributed by atoms with Crippen LogP contribution in [0, 0.1) is 0 Å². The number of carbonyl (C=O) groups is 1. The maximum atomic E-state index is 15.0. The normalized spacial score (nSPS) is 19.3. The Morgan fingerprint density at radius 3 is 1.69 bits per heavy atom. The molecule has 5 atom stereocenters. The van der Waals surface area contributed by atoms with Crippen LogP contribution in [-0.4, -0.2) is 87.3 Å². The molecule has 12 nitrogen and oxygen atoms in total. The van der Waals surface area contributed by atoms with E-state index in [0.29, 0.717) is 28.2 Å². The van der Waals surface area contributed by atoms with Crippen LogP contribution in [0.1, 0.15) is 50.3 Å². The lowest BCUT2D eigenvalue weighted by Gasteiger charge is -2.52. The lowest BCUT2D eigenvalue weighted by molar-refractivity contribution is -0.195. The number of aliphatic hydroxyl groups is 1. The van der Waals surface area contributed by atoms with Crippen LogP contribution >= 0.6 is 0 Å². The molecule has 1 amide bonds. The van der Waals surface area contributed by atoms with Gasteiger partial charge in [-0.3, -0.25) is 19.1 Å². The third-order valence-corrected chi connectivity index (χ3v) is 17.9. The van der Waals surface area contributed by atoms with Crippen molar-refractivity contribution in [2.24, 2.45) is 0 Å². The van der Waals surface area contributed by atoms with Crippen LogP contribution in [0.2, 0.25) is 5.04 Å². The van der Waals surface area contributed by atoms with Crippen LogP contribution < -0.4 is 36.4 Å². The molecule has 0 radical (unpaired) electrons.